The number of hydrogen-bond acceptors (Lipinski definition) is 6. The van der Waals surface area contributed by atoms with Crippen molar-refractivity contribution in [2.45, 2.75) is 142 Å². The van der Waals surface area contributed by atoms with E-state index in [2.05, 4.69) is 19.1 Å². The highest BCUT2D eigenvalue weighted by atomic mass is 16.6. The van der Waals surface area contributed by atoms with Gasteiger partial charge in [0.05, 0.1) is 5.60 Å². The average Bonchev–Trinajstić information content (AvgIpc) is 2.96. The SMILES string of the molecule is CCCCCCC=CCCCCCCCCCC(=O)O[C@H](CC/C(C)=C/COc1ccc2ccc(=O)oc2c1)C(C)(C)O. The molecule has 0 saturated carbocycles. The molecule has 0 bridgehead atoms. The van der Waals surface area contributed by atoms with E-state index in [0.717, 1.165) is 30.2 Å². The Bertz CT molecular complexity index is 1170. The Hall–Kier alpha value is -2.86. The molecule has 0 saturated heterocycles. The second-order valence-electron chi connectivity index (χ2n) is 12.3. The fraction of sp³-hybridized carbons (Fsp3) is 0.622. The summed E-state index contributed by atoms with van der Waals surface area (Å²) < 4.78 is 16.7. The maximum absolute atomic E-state index is 12.5. The van der Waals surface area contributed by atoms with E-state index in [-0.39, 0.29) is 5.97 Å². The number of fused-ring (bicyclic) bond motifs is 1. The molecule has 0 aliphatic carbocycles. The van der Waals surface area contributed by atoms with Crippen LogP contribution in [0.15, 0.2) is 63.3 Å². The second-order valence-corrected chi connectivity index (χ2v) is 12.3. The zero-order valence-corrected chi connectivity index (χ0v) is 27.2. The fourth-order valence-corrected chi connectivity index (χ4v) is 4.99. The molecule has 1 aromatic heterocycles. The van der Waals surface area contributed by atoms with Crippen LogP contribution in [0.1, 0.15) is 130 Å². The van der Waals surface area contributed by atoms with Gasteiger partial charge in [0.1, 0.15) is 24.0 Å². The van der Waals surface area contributed by atoms with Crippen molar-refractivity contribution in [2.75, 3.05) is 6.61 Å². The lowest BCUT2D eigenvalue weighted by Crippen LogP contribution is -2.39. The first-order valence-electron chi connectivity index (χ1n) is 16.6. The summed E-state index contributed by atoms with van der Waals surface area (Å²) >= 11 is 0. The molecule has 1 aromatic carbocycles. The topological polar surface area (TPSA) is 86.0 Å². The molecule has 6 heteroatoms. The van der Waals surface area contributed by atoms with Gasteiger partial charge in [-0.05, 0) is 90.0 Å². The molecule has 0 amide bonds. The fourth-order valence-electron chi connectivity index (χ4n) is 4.99. The van der Waals surface area contributed by atoms with Crippen LogP contribution >= 0.6 is 0 Å². The van der Waals surface area contributed by atoms with Gasteiger partial charge in [-0.2, -0.15) is 0 Å². The monoisotopic (exact) mass is 596 g/mol. The molecular formula is C37H56O6. The summed E-state index contributed by atoms with van der Waals surface area (Å²) in [6.45, 7) is 7.99. The minimum absolute atomic E-state index is 0.235. The zero-order chi connectivity index (χ0) is 31.3. The van der Waals surface area contributed by atoms with Gasteiger partial charge in [0.15, 0.2) is 0 Å². The van der Waals surface area contributed by atoms with Crippen molar-refractivity contribution in [1.82, 2.24) is 0 Å². The summed E-state index contributed by atoms with van der Waals surface area (Å²) in [6.07, 6.45) is 23.5. The predicted octanol–water partition coefficient (Wildman–Crippen LogP) is 9.62. The van der Waals surface area contributed by atoms with Crippen molar-refractivity contribution < 1.29 is 23.8 Å². The molecule has 43 heavy (non-hydrogen) atoms. The summed E-state index contributed by atoms with van der Waals surface area (Å²) in [5.41, 5.74) is 0.0559. The lowest BCUT2D eigenvalue weighted by Gasteiger charge is -2.29. The lowest BCUT2D eigenvalue weighted by molar-refractivity contribution is -0.162. The van der Waals surface area contributed by atoms with E-state index in [9.17, 15) is 14.7 Å². The van der Waals surface area contributed by atoms with Crippen LogP contribution in [0.2, 0.25) is 0 Å². The molecule has 0 spiro atoms. The highest BCUT2D eigenvalue weighted by molar-refractivity contribution is 5.77. The Morgan fingerprint density at radius 1 is 0.907 bits per heavy atom. The van der Waals surface area contributed by atoms with Crippen molar-refractivity contribution >= 4 is 16.9 Å². The molecule has 1 heterocycles. The van der Waals surface area contributed by atoms with Gasteiger partial charge in [-0.1, -0.05) is 76.0 Å². The van der Waals surface area contributed by atoms with Gasteiger partial charge in [-0.15, -0.1) is 0 Å². The summed E-state index contributed by atoms with van der Waals surface area (Å²) in [5, 5.41) is 11.5. The largest absolute Gasteiger partial charge is 0.489 e. The van der Waals surface area contributed by atoms with Crippen molar-refractivity contribution in [1.29, 1.82) is 0 Å². The van der Waals surface area contributed by atoms with Crippen molar-refractivity contribution in [3.8, 4) is 5.75 Å². The van der Waals surface area contributed by atoms with Crippen molar-refractivity contribution in [3.05, 3.63) is 64.6 Å². The van der Waals surface area contributed by atoms with Crippen LogP contribution < -0.4 is 10.4 Å². The van der Waals surface area contributed by atoms with Crippen LogP contribution in [0.25, 0.3) is 11.0 Å². The van der Waals surface area contributed by atoms with Crippen LogP contribution in [0.5, 0.6) is 5.75 Å². The van der Waals surface area contributed by atoms with Crippen LogP contribution in [-0.4, -0.2) is 29.4 Å². The van der Waals surface area contributed by atoms with Crippen LogP contribution in [0, 0.1) is 0 Å². The molecule has 0 fully saturated rings. The number of hydrogen-bond donors (Lipinski definition) is 1. The number of ether oxygens (including phenoxy) is 2. The average molecular weight is 597 g/mol. The third kappa shape index (κ3) is 16.5. The zero-order valence-electron chi connectivity index (χ0n) is 27.2. The number of allylic oxidation sites excluding steroid dienone is 3. The van der Waals surface area contributed by atoms with Gasteiger partial charge in [0.25, 0.3) is 0 Å². The Labute approximate surface area is 259 Å². The molecule has 2 aromatic rings. The summed E-state index contributed by atoms with van der Waals surface area (Å²) in [5.74, 6) is 0.381. The minimum Gasteiger partial charge on any atom is -0.489 e. The molecule has 0 unspecified atom stereocenters. The number of benzene rings is 1. The van der Waals surface area contributed by atoms with Crippen LogP contribution in [0.4, 0.5) is 0 Å². The molecule has 240 valence electrons. The van der Waals surface area contributed by atoms with Gasteiger partial charge in [0, 0.05) is 23.9 Å². The van der Waals surface area contributed by atoms with E-state index in [4.69, 9.17) is 13.9 Å². The first-order chi connectivity index (χ1) is 20.7. The second kappa shape index (κ2) is 20.9. The summed E-state index contributed by atoms with van der Waals surface area (Å²) in [7, 11) is 0. The molecular weight excluding hydrogens is 540 g/mol. The Morgan fingerprint density at radius 2 is 1.53 bits per heavy atom. The van der Waals surface area contributed by atoms with Crippen molar-refractivity contribution in [3.63, 3.8) is 0 Å². The molecule has 0 radical (unpaired) electrons. The van der Waals surface area contributed by atoms with E-state index in [1.807, 2.05) is 25.1 Å². The summed E-state index contributed by atoms with van der Waals surface area (Å²) in [6, 6.07) is 8.52. The standard InChI is InChI=1S/C37H56O6/c1-5-6-7-8-9-10-11-12-13-14-15-16-17-18-19-20-35(38)43-34(37(3,4)40)25-21-30(2)27-28-41-32-24-22-31-23-26-36(39)42-33(31)29-32/h10-11,22-24,26-27,29,34,40H,5-9,12-21,25,28H2,1-4H3/b11-10?,30-27+/t34-/m1/s1. The predicted molar refractivity (Wildman–Crippen MR) is 177 cm³/mol. The third-order valence-corrected chi connectivity index (χ3v) is 7.78. The number of carbonyl (C=O) groups excluding carboxylic acids is 1. The maximum atomic E-state index is 12.5. The molecule has 1 N–H and O–H groups in total. The van der Waals surface area contributed by atoms with E-state index in [0.29, 0.717) is 37.2 Å². The molecule has 1 atom stereocenters. The Morgan fingerprint density at radius 3 is 2.21 bits per heavy atom. The molecule has 2 rings (SSSR count). The third-order valence-electron chi connectivity index (χ3n) is 7.78. The number of unbranched alkanes of at least 4 members (excludes halogenated alkanes) is 11. The van der Waals surface area contributed by atoms with Gasteiger partial charge in [-0.3, -0.25) is 4.79 Å². The number of rotatable bonds is 23. The number of esters is 1. The van der Waals surface area contributed by atoms with Gasteiger partial charge in [-0.25, -0.2) is 4.79 Å². The van der Waals surface area contributed by atoms with Gasteiger partial charge >= 0.3 is 11.6 Å². The van der Waals surface area contributed by atoms with E-state index < -0.39 is 17.3 Å². The highest BCUT2D eigenvalue weighted by Gasteiger charge is 2.30. The van der Waals surface area contributed by atoms with Crippen molar-refractivity contribution in [2.24, 2.45) is 0 Å². The first kappa shape index (κ1) is 36.3. The molecule has 0 aliphatic rings. The van der Waals surface area contributed by atoms with E-state index in [1.165, 1.54) is 70.3 Å². The van der Waals surface area contributed by atoms with E-state index >= 15 is 0 Å². The van der Waals surface area contributed by atoms with Gasteiger partial charge in [0.2, 0.25) is 0 Å². The Kier molecular flexibility index (Phi) is 17.7. The van der Waals surface area contributed by atoms with E-state index in [1.54, 1.807) is 26.0 Å². The summed E-state index contributed by atoms with van der Waals surface area (Å²) in [4.78, 5) is 24.0. The quantitative estimate of drug-likeness (QED) is 0.0595. The molecule has 0 aliphatic heterocycles. The lowest BCUT2D eigenvalue weighted by atomic mass is 9.95. The molecule has 6 nitrogen and oxygen atoms in total. The maximum Gasteiger partial charge on any atom is 0.336 e. The normalized spacial score (nSPS) is 13.1. The number of carbonyl (C=O) groups is 1. The first-order valence-corrected chi connectivity index (χ1v) is 16.6. The van der Waals surface area contributed by atoms with Crippen LogP contribution in [0.3, 0.4) is 0 Å². The number of aliphatic hydroxyl groups is 1. The Balaban J connectivity index is 1.58. The minimum atomic E-state index is -1.12. The van der Waals surface area contributed by atoms with Gasteiger partial charge < -0.3 is 19.0 Å². The highest BCUT2D eigenvalue weighted by Crippen LogP contribution is 2.23. The van der Waals surface area contributed by atoms with Crippen LogP contribution in [-0.2, 0) is 9.53 Å². The smallest absolute Gasteiger partial charge is 0.336 e.